The summed E-state index contributed by atoms with van der Waals surface area (Å²) in [6, 6.07) is 7.73. The maximum atomic E-state index is 10.8. The number of carbonyl (C=O) groups excluding carboxylic acids is 1. The van der Waals surface area contributed by atoms with E-state index in [0.29, 0.717) is 31.1 Å². The van der Waals surface area contributed by atoms with Crippen LogP contribution in [-0.4, -0.2) is 29.1 Å². The monoisotopic (exact) mass is 329 g/mol. The van der Waals surface area contributed by atoms with Gasteiger partial charge >= 0.3 is 0 Å². The smallest absolute Gasteiger partial charge is 0.217 e. The van der Waals surface area contributed by atoms with Crippen LogP contribution in [0.2, 0.25) is 0 Å². The van der Waals surface area contributed by atoms with Gasteiger partial charge in [-0.05, 0) is 49.4 Å². The zero-order valence-corrected chi connectivity index (χ0v) is 13.6. The minimum Gasteiger partial charge on any atom is -0.493 e. The average Bonchev–Trinajstić information content (AvgIpc) is 3.40. The Morgan fingerprint density at radius 2 is 2.21 bits per heavy atom. The highest BCUT2D eigenvalue weighted by Crippen LogP contribution is 2.30. The number of hydrogen-bond acceptors (Lipinski definition) is 5. The molecule has 128 valence electrons. The van der Waals surface area contributed by atoms with Crippen LogP contribution in [0.25, 0.3) is 10.9 Å². The first-order valence-electron chi connectivity index (χ1n) is 8.35. The second-order valence-electron chi connectivity index (χ2n) is 6.26. The first-order chi connectivity index (χ1) is 11.7. The number of aliphatic hydroxyl groups is 1. The molecule has 1 aromatic carbocycles. The van der Waals surface area contributed by atoms with Crippen molar-refractivity contribution in [3.8, 4) is 5.75 Å². The van der Waals surface area contributed by atoms with Gasteiger partial charge in [0.05, 0.1) is 18.7 Å². The number of aliphatic hydroxyl groups excluding tert-OH is 1. The minimum atomic E-state index is -0.315. The van der Waals surface area contributed by atoms with E-state index in [1.807, 2.05) is 24.3 Å². The maximum Gasteiger partial charge on any atom is 0.217 e. The van der Waals surface area contributed by atoms with Crippen LogP contribution in [0, 0.1) is 5.92 Å². The van der Waals surface area contributed by atoms with Gasteiger partial charge in [0, 0.05) is 23.9 Å². The molecule has 1 heterocycles. The second kappa shape index (κ2) is 7.49. The summed E-state index contributed by atoms with van der Waals surface area (Å²) >= 11 is 0. The summed E-state index contributed by atoms with van der Waals surface area (Å²) in [7, 11) is 0. The first-order valence-corrected chi connectivity index (χ1v) is 8.35. The van der Waals surface area contributed by atoms with Gasteiger partial charge in [0.25, 0.3) is 0 Å². The fourth-order valence-electron chi connectivity index (χ4n) is 2.53. The molecule has 1 fully saturated rings. The molecule has 1 aliphatic carbocycles. The lowest BCUT2D eigenvalue weighted by Gasteiger charge is -2.12. The van der Waals surface area contributed by atoms with E-state index in [9.17, 15) is 9.90 Å². The molecule has 4 N–H and O–H groups in total. The summed E-state index contributed by atoms with van der Waals surface area (Å²) in [6.07, 6.45) is 3.48. The summed E-state index contributed by atoms with van der Waals surface area (Å²) in [6.45, 7) is 1.25. The Hall–Kier alpha value is -2.34. The first kappa shape index (κ1) is 16.5. The fourth-order valence-corrected chi connectivity index (χ4v) is 2.53. The molecule has 0 unspecified atom stereocenters. The number of nitrogens with zero attached hydrogens (tertiary/aromatic N) is 1. The van der Waals surface area contributed by atoms with Crippen molar-refractivity contribution in [3.63, 3.8) is 0 Å². The van der Waals surface area contributed by atoms with Gasteiger partial charge in [-0.3, -0.25) is 4.79 Å². The van der Waals surface area contributed by atoms with Crippen molar-refractivity contribution in [1.29, 1.82) is 0 Å². The summed E-state index contributed by atoms with van der Waals surface area (Å²) < 4.78 is 5.79. The molecule has 1 saturated carbocycles. The standard InChI is InChI=1S/C18H23N3O3/c19-17(23)2-1-7-20-18-14(10-22)8-13-9-15(5-6-16(13)21-18)24-11-12-3-4-12/h5-6,8-9,12,22H,1-4,7,10-11H2,(H2,19,23)(H,20,21). The number of rotatable bonds is 9. The molecule has 6 heteroatoms. The summed E-state index contributed by atoms with van der Waals surface area (Å²) in [5.41, 5.74) is 6.69. The third-order valence-electron chi connectivity index (χ3n) is 4.11. The molecule has 24 heavy (non-hydrogen) atoms. The number of nitrogens with one attached hydrogen (secondary N) is 1. The molecule has 0 atom stereocenters. The van der Waals surface area contributed by atoms with Crippen molar-refractivity contribution in [3.05, 3.63) is 29.8 Å². The zero-order valence-electron chi connectivity index (χ0n) is 13.6. The van der Waals surface area contributed by atoms with Gasteiger partial charge in [-0.15, -0.1) is 0 Å². The van der Waals surface area contributed by atoms with Gasteiger partial charge in [-0.25, -0.2) is 4.98 Å². The number of nitrogens with two attached hydrogens (primary N) is 1. The van der Waals surface area contributed by atoms with Crippen LogP contribution in [0.4, 0.5) is 5.82 Å². The number of fused-ring (bicyclic) bond motifs is 1. The van der Waals surface area contributed by atoms with Gasteiger partial charge in [0.2, 0.25) is 5.91 Å². The molecule has 0 aliphatic heterocycles. The Kier molecular flexibility index (Phi) is 5.15. The summed E-state index contributed by atoms with van der Waals surface area (Å²) in [5, 5.41) is 13.7. The van der Waals surface area contributed by atoms with E-state index in [1.165, 1.54) is 12.8 Å². The normalized spacial score (nSPS) is 13.9. The SMILES string of the molecule is NC(=O)CCCNc1nc2ccc(OCC3CC3)cc2cc1CO. The van der Waals surface area contributed by atoms with E-state index in [1.54, 1.807) is 0 Å². The lowest BCUT2D eigenvalue weighted by atomic mass is 10.1. The molecule has 1 aliphatic rings. The van der Waals surface area contributed by atoms with Crippen molar-refractivity contribution in [2.45, 2.75) is 32.3 Å². The lowest BCUT2D eigenvalue weighted by molar-refractivity contribution is -0.118. The second-order valence-corrected chi connectivity index (χ2v) is 6.26. The zero-order chi connectivity index (χ0) is 16.9. The number of hydrogen-bond donors (Lipinski definition) is 3. The van der Waals surface area contributed by atoms with Gasteiger partial charge in [0.15, 0.2) is 0 Å². The summed E-state index contributed by atoms with van der Waals surface area (Å²) in [4.78, 5) is 15.3. The molecule has 0 radical (unpaired) electrons. The molecular weight excluding hydrogens is 306 g/mol. The third-order valence-corrected chi connectivity index (χ3v) is 4.11. The van der Waals surface area contributed by atoms with E-state index >= 15 is 0 Å². The number of anilines is 1. The highest BCUT2D eigenvalue weighted by molar-refractivity contribution is 5.83. The van der Waals surface area contributed by atoms with Gasteiger partial charge in [-0.2, -0.15) is 0 Å². The number of aromatic nitrogens is 1. The Morgan fingerprint density at radius 3 is 2.92 bits per heavy atom. The molecule has 2 aromatic rings. The number of primary amides is 1. The van der Waals surface area contributed by atoms with E-state index in [-0.39, 0.29) is 12.5 Å². The number of amides is 1. The molecule has 0 saturated heterocycles. The third kappa shape index (κ3) is 4.35. The van der Waals surface area contributed by atoms with E-state index in [4.69, 9.17) is 10.5 Å². The molecule has 0 spiro atoms. The van der Waals surface area contributed by atoms with Crippen molar-refractivity contribution >= 4 is 22.6 Å². The topological polar surface area (TPSA) is 97.5 Å². The quantitative estimate of drug-likeness (QED) is 0.613. The van der Waals surface area contributed by atoms with Crippen LogP contribution in [0.5, 0.6) is 5.75 Å². The number of pyridine rings is 1. The Labute approximate surface area is 141 Å². The lowest BCUT2D eigenvalue weighted by Crippen LogP contribution is -2.13. The van der Waals surface area contributed by atoms with Crippen molar-refractivity contribution in [1.82, 2.24) is 4.98 Å². The molecule has 0 bridgehead atoms. The number of carbonyl (C=O) groups is 1. The molecule has 6 nitrogen and oxygen atoms in total. The largest absolute Gasteiger partial charge is 0.493 e. The highest BCUT2D eigenvalue weighted by Gasteiger charge is 2.21. The Balaban J connectivity index is 1.72. The predicted molar refractivity (Wildman–Crippen MR) is 92.8 cm³/mol. The van der Waals surface area contributed by atoms with Gasteiger partial charge < -0.3 is 20.9 Å². The minimum absolute atomic E-state index is 0.103. The highest BCUT2D eigenvalue weighted by atomic mass is 16.5. The van der Waals surface area contributed by atoms with Crippen molar-refractivity contribution in [2.75, 3.05) is 18.5 Å². The van der Waals surface area contributed by atoms with Crippen LogP contribution in [0.15, 0.2) is 24.3 Å². The Morgan fingerprint density at radius 1 is 1.38 bits per heavy atom. The van der Waals surface area contributed by atoms with Crippen LogP contribution in [-0.2, 0) is 11.4 Å². The fraction of sp³-hybridized carbons (Fsp3) is 0.444. The molecule has 1 aromatic heterocycles. The van der Waals surface area contributed by atoms with Crippen molar-refractivity contribution < 1.29 is 14.6 Å². The van der Waals surface area contributed by atoms with Crippen LogP contribution in [0.3, 0.4) is 0 Å². The number of ether oxygens (including phenoxy) is 1. The van der Waals surface area contributed by atoms with E-state index in [2.05, 4.69) is 10.3 Å². The van der Waals surface area contributed by atoms with Crippen molar-refractivity contribution in [2.24, 2.45) is 11.7 Å². The van der Waals surface area contributed by atoms with Gasteiger partial charge in [0.1, 0.15) is 11.6 Å². The van der Waals surface area contributed by atoms with E-state index in [0.717, 1.165) is 28.8 Å². The van der Waals surface area contributed by atoms with Gasteiger partial charge in [-0.1, -0.05) is 0 Å². The predicted octanol–water partition coefficient (Wildman–Crippen LogP) is 2.19. The van der Waals surface area contributed by atoms with Crippen LogP contribution >= 0.6 is 0 Å². The van der Waals surface area contributed by atoms with E-state index < -0.39 is 0 Å². The summed E-state index contributed by atoms with van der Waals surface area (Å²) in [5.74, 6) is 1.87. The number of benzene rings is 1. The molecule has 1 amide bonds. The van der Waals surface area contributed by atoms with Crippen LogP contribution < -0.4 is 15.8 Å². The molecule has 3 rings (SSSR count). The Bertz CT molecular complexity index is 729. The molecular formula is C18H23N3O3. The van der Waals surface area contributed by atoms with Crippen LogP contribution in [0.1, 0.15) is 31.2 Å². The average molecular weight is 329 g/mol. The maximum absolute atomic E-state index is 10.8.